The molecule has 6 nitrogen and oxygen atoms in total. The summed E-state index contributed by atoms with van der Waals surface area (Å²) in [6.07, 6.45) is -5.53. The number of aliphatic imine (C=N–C) groups is 1. The molecule has 1 aliphatic rings. The van der Waals surface area contributed by atoms with Crippen LogP contribution in [0.3, 0.4) is 0 Å². The van der Waals surface area contributed by atoms with Crippen molar-refractivity contribution in [2.75, 3.05) is 26.7 Å². The van der Waals surface area contributed by atoms with Gasteiger partial charge in [-0.3, -0.25) is 9.79 Å². The van der Waals surface area contributed by atoms with Crippen molar-refractivity contribution in [1.82, 2.24) is 9.80 Å². The number of hydrogen-bond donors (Lipinski definition) is 2. The number of nitrogens with zero attached hydrogens (tertiary/aromatic N) is 3. The van der Waals surface area contributed by atoms with Crippen molar-refractivity contribution in [2.24, 2.45) is 16.5 Å². The van der Waals surface area contributed by atoms with Crippen LogP contribution in [0.15, 0.2) is 16.9 Å². The van der Waals surface area contributed by atoms with Gasteiger partial charge in [0, 0.05) is 32.4 Å². The van der Waals surface area contributed by atoms with Gasteiger partial charge in [0.15, 0.2) is 0 Å². The number of amidine groups is 1. The highest BCUT2D eigenvalue weighted by Crippen LogP contribution is 2.23. The van der Waals surface area contributed by atoms with E-state index in [9.17, 15) is 26.7 Å². The van der Waals surface area contributed by atoms with Gasteiger partial charge in [-0.1, -0.05) is 0 Å². The maximum atomic E-state index is 12.6. The number of carbonyl (C=O) groups is 1. The fourth-order valence-electron chi connectivity index (χ4n) is 2.65. The molecule has 1 aliphatic heterocycles. The van der Waals surface area contributed by atoms with Crippen LogP contribution in [0.5, 0.6) is 0 Å². The molecule has 0 aromatic heterocycles. The second-order valence-electron chi connectivity index (χ2n) is 5.66. The Bertz CT molecular complexity index is 520. The van der Waals surface area contributed by atoms with Gasteiger partial charge in [0.25, 0.3) is 6.43 Å². The summed E-state index contributed by atoms with van der Waals surface area (Å²) >= 11 is 0. The smallest absolute Gasteiger partial charge is 0.403 e. The molecular weight excluding hydrogens is 349 g/mol. The molecule has 0 bridgehead atoms. The molecule has 1 atom stereocenters. The predicted molar refractivity (Wildman–Crippen MR) is 82.8 cm³/mol. The molecule has 1 rings (SSSR count). The predicted octanol–water partition coefficient (Wildman–Crippen LogP) is 1.28. The second kappa shape index (κ2) is 8.86. The van der Waals surface area contributed by atoms with E-state index in [-0.39, 0.29) is 24.5 Å². The Kier molecular flexibility index (Phi) is 7.43. The number of amides is 1. The van der Waals surface area contributed by atoms with Crippen LogP contribution < -0.4 is 11.5 Å². The molecule has 11 heteroatoms. The Labute approximate surface area is 142 Å². The number of halogens is 5. The molecule has 0 aromatic rings. The molecule has 1 heterocycles. The largest absolute Gasteiger partial charge is 0.471 e. The third-order valence-corrected chi connectivity index (χ3v) is 3.92. The van der Waals surface area contributed by atoms with E-state index in [0.717, 1.165) is 13.2 Å². The topological polar surface area (TPSA) is 88.0 Å². The van der Waals surface area contributed by atoms with Crippen molar-refractivity contribution in [2.45, 2.75) is 37.9 Å². The van der Waals surface area contributed by atoms with Crippen molar-refractivity contribution in [3.63, 3.8) is 0 Å². The first-order chi connectivity index (χ1) is 11.6. The van der Waals surface area contributed by atoms with Crippen LogP contribution in [0.4, 0.5) is 22.0 Å². The van der Waals surface area contributed by atoms with Crippen LogP contribution in [0, 0.1) is 0 Å². The second-order valence-corrected chi connectivity index (χ2v) is 5.66. The lowest BCUT2D eigenvalue weighted by Crippen LogP contribution is -2.45. The molecule has 1 saturated heterocycles. The first kappa shape index (κ1) is 21.0. The highest BCUT2D eigenvalue weighted by atomic mass is 19.4. The van der Waals surface area contributed by atoms with Gasteiger partial charge in [-0.15, -0.1) is 0 Å². The maximum absolute atomic E-state index is 12.6. The van der Waals surface area contributed by atoms with E-state index in [1.165, 1.54) is 0 Å². The molecule has 1 amide bonds. The van der Waals surface area contributed by atoms with Gasteiger partial charge in [-0.2, -0.15) is 13.2 Å². The van der Waals surface area contributed by atoms with Crippen molar-refractivity contribution in [3.05, 3.63) is 11.9 Å². The van der Waals surface area contributed by atoms with Crippen LogP contribution >= 0.6 is 0 Å². The lowest BCUT2D eigenvalue weighted by molar-refractivity contribution is -0.186. The average Bonchev–Trinajstić information content (AvgIpc) is 2.78. The molecule has 4 N–H and O–H groups in total. The van der Waals surface area contributed by atoms with E-state index in [0.29, 0.717) is 24.3 Å². The van der Waals surface area contributed by atoms with Gasteiger partial charge in [0.2, 0.25) is 0 Å². The minimum Gasteiger partial charge on any atom is -0.403 e. The normalized spacial score (nSPS) is 20.6. The van der Waals surface area contributed by atoms with E-state index in [1.54, 1.807) is 4.90 Å². The number of carbonyl (C=O) groups excluding carboxylic acids is 1. The summed E-state index contributed by atoms with van der Waals surface area (Å²) in [5.41, 5.74) is 11.0. The van der Waals surface area contributed by atoms with Gasteiger partial charge in [-0.05, 0) is 19.3 Å². The van der Waals surface area contributed by atoms with Crippen molar-refractivity contribution >= 4 is 11.7 Å². The summed E-state index contributed by atoms with van der Waals surface area (Å²) in [5.74, 6) is -1.81. The molecule has 0 spiro atoms. The lowest BCUT2D eigenvalue weighted by atomic mass is 10.1. The zero-order chi connectivity index (χ0) is 19.2. The Hall–Kier alpha value is -2.07. The lowest BCUT2D eigenvalue weighted by Gasteiger charge is -2.28. The number of likely N-dealkylation sites (tertiary alicyclic amines) is 1. The quantitative estimate of drug-likeness (QED) is 0.443. The highest BCUT2D eigenvalue weighted by Gasteiger charge is 2.43. The summed E-state index contributed by atoms with van der Waals surface area (Å²) in [6.45, 7) is -0.172. The highest BCUT2D eigenvalue weighted by molar-refractivity contribution is 5.97. The Morgan fingerprint density at radius 3 is 2.52 bits per heavy atom. The van der Waals surface area contributed by atoms with Crippen molar-refractivity contribution in [1.29, 1.82) is 0 Å². The van der Waals surface area contributed by atoms with Gasteiger partial charge in [0.05, 0.1) is 5.70 Å². The monoisotopic (exact) mass is 371 g/mol. The zero-order valence-corrected chi connectivity index (χ0v) is 13.8. The zero-order valence-electron chi connectivity index (χ0n) is 13.8. The molecule has 1 fully saturated rings. The van der Waals surface area contributed by atoms with Gasteiger partial charge >= 0.3 is 12.1 Å². The first-order valence-corrected chi connectivity index (χ1v) is 7.67. The Morgan fingerprint density at radius 1 is 1.36 bits per heavy atom. The van der Waals surface area contributed by atoms with E-state index in [2.05, 4.69) is 4.99 Å². The molecular formula is C14H22F5N5O. The SMILES string of the molecule is CN(C(=O)C(F)(F)F)[C@H]1CCCN(C(=NCC(F)F)C(N)=CN)CC1. The van der Waals surface area contributed by atoms with E-state index in [1.807, 2.05) is 0 Å². The molecule has 0 aromatic carbocycles. The summed E-state index contributed by atoms with van der Waals surface area (Å²) in [5, 5.41) is 0. The molecule has 0 radical (unpaired) electrons. The van der Waals surface area contributed by atoms with Crippen LogP contribution in [-0.4, -0.2) is 66.9 Å². The van der Waals surface area contributed by atoms with Crippen LogP contribution in [0.25, 0.3) is 0 Å². The fourth-order valence-corrected chi connectivity index (χ4v) is 2.65. The minimum absolute atomic E-state index is 0.0128. The van der Waals surface area contributed by atoms with Crippen LogP contribution in [0.1, 0.15) is 19.3 Å². The van der Waals surface area contributed by atoms with E-state index in [4.69, 9.17) is 11.5 Å². The number of hydrogen-bond acceptors (Lipinski definition) is 4. The van der Waals surface area contributed by atoms with E-state index >= 15 is 0 Å². The van der Waals surface area contributed by atoms with Gasteiger partial charge < -0.3 is 21.3 Å². The molecule has 144 valence electrons. The first-order valence-electron chi connectivity index (χ1n) is 7.67. The third-order valence-electron chi connectivity index (χ3n) is 3.92. The van der Waals surface area contributed by atoms with Crippen LogP contribution in [-0.2, 0) is 4.79 Å². The maximum Gasteiger partial charge on any atom is 0.471 e. The van der Waals surface area contributed by atoms with Gasteiger partial charge in [0.1, 0.15) is 12.4 Å². The summed E-state index contributed by atoms with van der Waals surface area (Å²) in [7, 11) is 1.11. The number of rotatable bonds is 4. The standard InChI is InChI=1S/C14H22F5N5O/c1-23(13(25)14(17,18)19)9-3-2-5-24(6-4-9)12(10(21)7-20)22-8-11(15)16/h7,9,11H,2-6,8,20-21H2,1H3/t9-/m0/s1. The average molecular weight is 371 g/mol. The Morgan fingerprint density at radius 2 is 2.00 bits per heavy atom. The summed E-state index contributed by atoms with van der Waals surface area (Å²) in [4.78, 5) is 17.4. The minimum atomic E-state index is -4.93. The van der Waals surface area contributed by atoms with Crippen molar-refractivity contribution in [3.8, 4) is 0 Å². The number of alkyl halides is 5. The van der Waals surface area contributed by atoms with Gasteiger partial charge in [-0.25, -0.2) is 8.78 Å². The summed E-state index contributed by atoms with van der Waals surface area (Å²) < 4.78 is 62.5. The third kappa shape index (κ3) is 6.05. The number of nitrogens with two attached hydrogens (primary N) is 2. The van der Waals surface area contributed by atoms with Crippen molar-refractivity contribution < 1.29 is 26.7 Å². The molecule has 0 aliphatic carbocycles. The molecule has 0 unspecified atom stereocenters. The fraction of sp³-hybridized carbons (Fsp3) is 0.714. The van der Waals surface area contributed by atoms with Crippen LogP contribution in [0.2, 0.25) is 0 Å². The molecule has 25 heavy (non-hydrogen) atoms. The molecule has 0 saturated carbocycles. The van der Waals surface area contributed by atoms with E-state index < -0.39 is 31.1 Å². The summed E-state index contributed by atoms with van der Waals surface area (Å²) in [6, 6.07) is -0.612. The Balaban J connectivity index is 2.85.